The van der Waals surface area contributed by atoms with Crippen molar-refractivity contribution in [3.8, 4) is 0 Å². The molecule has 9 heteroatoms. The minimum Gasteiger partial charge on any atom is -0.396 e. The summed E-state index contributed by atoms with van der Waals surface area (Å²) in [4.78, 5) is 0. The van der Waals surface area contributed by atoms with Crippen LogP contribution in [0.15, 0.2) is 12.1 Å². The van der Waals surface area contributed by atoms with Crippen molar-refractivity contribution in [2.75, 3.05) is 5.73 Å². The number of hydrogen-bond acceptors (Lipinski definition) is 1. The fourth-order valence-corrected chi connectivity index (χ4v) is 3.77. The fraction of sp³-hybridized carbons (Fsp3) is 0.400. The van der Waals surface area contributed by atoms with Gasteiger partial charge in [-0.2, -0.15) is 0 Å². The van der Waals surface area contributed by atoms with Crippen LogP contribution in [0.4, 0.5) is 18.9 Å². The number of anilines is 1. The molecule has 0 fully saturated rings. The van der Waals surface area contributed by atoms with E-state index in [1.165, 1.54) is 0 Å². The van der Waals surface area contributed by atoms with E-state index in [0.29, 0.717) is 0 Å². The number of halogens is 5. The predicted molar refractivity (Wildman–Crippen MR) is 86.1 cm³/mol. The summed E-state index contributed by atoms with van der Waals surface area (Å²) in [5, 5.41) is -5.41. The van der Waals surface area contributed by atoms with Crippen molar-refractivity contribution < 1.29 is 13.2 Å². The van der Waals surface area contributed by atoms with Crippen LogP contribution in [0.1, 0.15) is 12.5 Å². The van der Waals surface area contributed by atoms with Gasteiger partial charge in [0, 0.05) is 0 Å². The van der Waals surface area contributed by atoms with Crippen LogP contribution in [0.3, 0.4) is 0 Å². The quantitative estimate of drug-likeness (QED) is 0.609. The number of benzene rings is 1. The molecule has 5 atom stereocenters. The zero-order chi connectivity index (χ0) is 15.2. The highest BCUT2D eigenvalue weighted by molar-refractivity contribution is 7.39. The van der Waals surface area contributed by atoms with Crippen molar-refractivity contribution in [3.05, 3.63) is 27.7 Å². The molecule has 5 unspecified atom stereocenters. The average Bonchev–Trinajstić information content (AvgIpc) is 2.20. The molecule has 0 aromatic heterocycles. The topological polar surface area (TPSA) is 26.0 Å². The van der Waals surface area contributed by atoms with E-state index in [4.69, 9.17) is 28.9 Å². The number of hydrogen-bond donors (Lipinski definition) is 1. The summed E-state index contributed by atoms with van der Waals surface area (Å²) in [5.41, 5.74) is 2.18. The third-order valence-electron chi connectivity index (χ3n) is 2.68. The molecule has 1 aromatic carbocycles. The van der Waals surface area contributed by atoms with Gasteiger partial charge in [-0.1, -0.05) is 50.9 Å². The summed E-state index contributed by atoms with van der Waals surface area (Å²) in [6.45, 7) is 0.901. The zero-order valence-corrected chi connectivity index (χ0v) is 14.8. The van der Waals surface area contributed by atoms with Gasteiger partial charge in [-0.25, -0.2) is 13.2 Å². The highest BCUT2D eigenvalue weighted by Gasteiger charge is 2.60. The van der Waals surface area contributed by atoms with Crippen LogP contribution < -0.4 is 5.73 Å². The Balaban J connectivity index is 3.62. The molecule has 0 saturated heterocycles. The first-order valence-corrected chi connectivity index (χ1v) is 7.49. The summed E-state index contributed by atoms with van der Waals surface area (Å²) in [6.07, 6.45) is 0. The molecule has 1 aromatic rings. The largest absolute Gasteiger partial charge is 0.396 e. The van der Waals surface area contributed by atoms with Gasteiger partial charge in [0.2, 0.25) is 5.67 Å². The maximum atomic E-state index is 15.1. The third kappa shape index (κ3) is 3.14. The van der Waals surface area contributed by atoms with E-state index in [9.17, 15) is 8.78 Å². The normalized spacial score (nSPS) is 18.8. The molecule has 0 radical (unpaired) electrons. The first-order chi connectivity index (χ1) is 8.32. The molecule has 0 aliphatic rings. The summed E-state index contributed by atoms with van der Waals surface area (Å²) < 4.78 is 43.4. The smallest absolute Gasteiger partial charge is 0.213 e. The Labute approximate surface area is 126 Å². The van der Waals surface area contributed by atoms with Gasteiger partial charge < -0.3 is 5.73 Å². The Bertz CT molecular complexity index is 463. The lowest BCUT2D eigenvalue weighted by atomic mass is 9.91. The van der Waals surface area contributed by atoms with Gasteiger partial charge >= 0.3 is 0 Å². The first kappa shape index (κ1) is 17.7. The van der Waals surface area contributed by atoms with Crippen molar-refractivity contribution in [2.24, 2.45) is 0 Å². The molecule has 0 aliphatic carbocycles. The third-order valence-corrected chi connectivity index (χ3v) is 4.50. The molecule has 1 nitrogen and oxygen atoms in total. The second kappa shape index (κ2) is 5.47. The molecule has 0 aliphatic heterocycles. The predicted octanol–water partition coefficient (Wildman–Crippen LogP) is 4.67. The Morgan fingerprint density at radius 1 is 1.05 bits per heavy atom. The first-order valence-electron chi connectivity index (χ1n) is 5.00. The number of nitrogens with two attached hydrogens (primary N) is 1. The second-order valence-corrected chi connectivity index (χ2v) is 8.60. The Hall–Kier alpha value is 0.680. The van der Waals surface area contributed by atoms with E-state index in [1.54, 1.807) is 27.7 Å². The Kier molecular flexibility index (Phi) is 5.10. The minimum absolute atomic E-state index is 0.0238. The SMILES string of the molecule is CC(F)(P)C(F)(c1cc(Cl)c(N)c(Cl)c1)C(F)(P)P. The van der Waals surface area contributed by atoms with E-state index in [2.05, 4.69) is 0 Å². The lowest BCUT2D eigenvalue weighted by molar-refractivity contribution is -0.0194. The summed E-state index contributed by atoms with van der Waals surface area (Å²) in [6, 6.07) is 2.13. The number of rotatable bonds is 3. The van der Waals surface area contributed by atoms with Crippen LogP contribution >= 0.6 is 50.9 Å². The van der Waals surface area contributed by atoms with Gasteiger partial charge in [-0.15, -0.1) is 0 Å². The Morgan fingerprint density at radius 2 is 1.42 bits per heavy atom. The summed E-state index contributed by atoms with van der Waals surface area (Å²) >= 11 is 11.6. The molecule has 108 valence electrons. The van der Waals surface area contributed by atoms with Gasteiger partial charge in [-0.3, -0.25) is 0 Å². The second-order valence-electron chi connectivity index (χ2n) is 4.36. The zero-order valence-electron chi connectivity index (χ0n) is 9.85. The van der Waals surface area contributed by atoms with Crippen LogP contribution in [0.25, 0.3) is 0 Å². The molecule has 0 saturated carbocycles. The van der Waals surface area contributed by atoms with E-state index in [-0.39, 0.29) is 21.3 Å². The molecule has 0 amide bonds. The van der Waals surface area contributed by atoms with Crippen LogP contribution in [0.2, 0.25) is 10.0 Å². The molecular formula is C10H13Cl2F3NP3. The Morgan fingerprint density at radius 3 is 1.68 bits per heavy atom. The highest BCUT2D eigenvalue weighted by atomic mass is 35.5. The van der Waals surface area contributed by atoms with Crippen LogP contribution in [0.5, 0.6) is 0 Å². The molecule has 2 N–H and O–H groups in total. The number of nitrogen functional groups attached to an aromatic ring is 1. The summed E-state index contributed by atoms with van der Waals surface area (Å²) in [5.74, 6) is 0. The van der Waals surface area contributed by atoms with Gasteiger partial charge in [0.15, 0.2) is 10.6 Å². The lowest BCUT2D eigenvalue weighted by Crippen LogP contribution is -2.48. The monoisotopic (exact) mass is 367 g/mol. The van der Waals surface area contributed by atoms with E-state index in [1.807, 2.05) is 0 Å². The van der Waals surface area contributed by atoms with Gasteiger partial charge in [0.1, 0.15) is 0 Å². The van der Waals surface area contributed by atoms with Crippen molar-refractivity contribution in [2.45, 2.75) is 23.2 Å². The van der Waals surface area contributed by atoms with Crippen LogP contribution in [-0.4, -0.2) is 10.6 Å². The van der Waals surface area contributed by atoms with E-state index in [0.717, 1.165) is 19.1 Å². The van der Waals surface area contributed by atoms with Gasteiger partial charge in [-0.05, 0) is 24.6 Å². The molecule has 0 heterocycles. The van der Waals surface area contributed by atoms with Crippen molar-refractivity contribution in [1.82, 2.24) is 0 Å². The van der Waals surface area contributed by atoms with Crippen molar-refractivity contribution in [1.29, 1.82) is 0 Å². The molecule has 1 rings (SSSR count). The summed E-state index contributed by atoms with van der Waals surface area (Å²) in [7, 11) is 4.87. The molecular weight excluding hydrogens is 355 g/mol. The molecule has 19 heavy (non-hydrogen) atoms. The van der Waals surface area contributed by atoms with Gasteiger partial charge in [0.05, 0.1) is 15.7 Å². The number of alkyl halides is 3. The maximum absolute atomic E-state index is 15.1. The van der Waals surface area contributed by atoms with Crippen molar-refractivity contribution in [3.63, 3.8) is 0 Å². The van der Waals surface area contributed by atoms with Gasteiger partial charge in [0.25, 0.3) is 0 Å². The maximum Gasteiger partial charge on any atom is 0.213 e. The minimum atomic E-state index is -3.03. The standard InChI is InChI=1S/C10H13Cl2F3NP3/c1-8(13,17)9(14,10(15,18)19)4-2-5(11)7(16)6(12)3-4/h2-3H,16-19H2,1H3. The van der Waals surface area contributed by atoms with Crippen LogP contribution in [0, 0.1) is 0 Å². The lowest BCUT2D eigenvalue weighted by Gasteiger charge is -2.41. The average molecular weight is 368 g/mol. The van der Waals surface area contributed by atoms with E-state index >= 15 is 4.39 Å². The van der Waals surface area contributed by atoms with Crippen molar-refractivity contribution >= 4 is 56.6 Å². The highest BCUT2D eigenvalue weighted by Crippen LogP contribution is 2.59. The molecule has 0 spiro atoms. The van der Waals surface area contributed by atoms with E-state index < -0.39 is 16.2 Å². The fourth-order valence-electron chi connectivity index (χ4n) is 1.66. The van der Waals surface area contributed by atoms with Crippen LogP contribution in [-0.2, 0) is 5.67 Å². The molecule has 0 bridgehead atoms.